The first-order valence-corrected chi connectivity index (χ1v) is 6.15. The Balaban J connectivity index is 1.79. The van der Waals surface area contributed by atoms with Crippen LogP contribution in [-0.2, 0) is 9.53 Å². The zero-order valence-electron chi connectivity index (χ0n) is 9.58. The summed E-state index contributed by atoms with van der Waals surface area (Å²) in [5.41, 5.74) is 0. The van der Waals surface area contributed by atoms with Crippen LogP contribution < -0.4 is 0 Å². The molecule has 0 aromatic rings. The molecule has 1 aliphatic heterocycles. The minimum atomic E-state index is 0.183. The highest BCUT2D eigenvalue weighted by atomic mass is 16.5. The van der Waals surface area contributed by atoms with Crippen LogP contribution in [0.3, 0.4) is 0 Å². The van der Waals surface area contributed by atoms with E-state index < -0.39 is 0 Å². The standard InChI is InChI=1S/C12H21NO2/c1-2-6-13(11-3-4-11)8-12(14)10-5-7-15-9-10/h10-11H,2-9H2,1H3. The van der Waals surface area contributed by atoms with E-state index in [4.69, 9.17) is 4.74 Å². The van der Waals surface area contributed by atoms with E-state index in [-0.39, 0.29) is 5.92 Å². The highest BCUT2D eigenvalue weighted by molar-refractivity contribution is 5.83. The van der Waals surface area contributed by atoms with Gasteiger partial charge in [0.1, 0.15) is 0 Å². The van der Waals surface area contributed by atoms with Crippen LogP contribution in [0.2, 0.25) is 0 Å². The summed E-state index contributed by atoms with van der Waals surface area (Å²) in [6.07, 6.45) is 4.65. The van der Waals surface area contributed by atoms with E-state index >= 15 is 0 Å². The molecule has 3 heteroatoms. The van der Waals surface area contributed by atoms with Gasteiger partial charge < -0.3 is 4.74 Å². The van der Waals surface area contributed by atoms with Crippen LogP contribution in [0.25, 0.3) is 0 Å². The number of rotatable bonds is 6. The van der Waals surface area contributed by atoms with Crippen molar-refractivity contribution >= 4 is 5.78 Å². The number of hydrogen-bond donors (Lipinski definition) is 0. The molecule has 2 aliphatic rings. The van der Waals surface area contributed by atoms with Gasteiger partial charge in [0.05, 0.1) is 13.2 Å². The van der Waals surface area contributed by atoms with Crippen molar-refractivity contribution in [2.24, 2.45) is 5.92 Å². The zero-order valence-corrected chi connectivity index (χ0v) is 9.58. The second kappa shape index (κ2) is 5.08. The third-order valence-corrected chi connectivity index (χ3v) is 3.32. The predicted molar refractivity (Wildman–Crippen MR) is 58.8 cm³/mol. The molecule has 2 fully saturated rings. The SMILES string of the molecule is CCCN(CC(=O)C1CCOC1)C1CC1. The average molecular weight is 211 g/mol. The number of Topliss-reactive ketones (excluding diaryl/α,β-unsaturated/α-hetero) is 1. The fourth-order valence-corrected chi connectivity index (χ4v) is 2.24. The van der Waals surface area contributed by atoms with Crippen molar-refractivity contribution in [3.8, 4) is 0 Å². The van der Waals surface area contributed by atoms with Crippen LogP contribution in [0, 0.1) is 5.92 Å². The van der Waals surface area contributed by atoms with Crippen LogP contribution >= 0.6 is 0 Å². The Morgan fingerprint density at radius 1 is 1.40 bits per heavy atom. The second-order valence-corrected chi connectivity index (χ2v) is 4.73. The van der Waals surface area contributed by atoms with Crippen LogP contribution in [0.15, 0.2) is 0 Å². The molecular weight excluding hydrogens is 190 g/mol. The average Bonchev–Trinajstić information content (AvgIpc) is 2.92. The molecule has 86 valence electrons. The molecule has 0 amide bonds. The largest absolute Gasteiger partial charge is 0.381 e. The molecule has 1 atom stereocenters. The number of ketones is 1. The van der Waals surface area contributed by atoms with Gasteiger partial charge in [-0.05, 0) is 32.2 Å². The van der Waals surface area contributed by atoms with E-state index in [1.54, 1.807) is 0 Å². The summed E-state index contributed by atoms with van der Waals surface area (Å²) in [5, 5.41) is 0. The Bertz CT molecular complexity index is 220. The minimum Gasteiger partial charge on any atom is -0.381 e. The van der Waals surface area contributed by atoms with Crippen LogP contribution in [0.5, 0.6) is 0 Å². The summed E-state index contributed by atoms with van der Waals surface area (Å²) in [6, 6.07) is 0.705. The molecule has 1 unspecified atom stereocenters. The normalized spacial score (nSPS) is 26.1. The Hall–Kier alpha value is -0.410. The zero-order chi connectivity index (χ0) is 10.7. The summed E-state index contributed by atoms with van der Waals surface area (Å²) >= 11 is 0. The van der Waals surface area contributed by atoms with Gasteiger partial charge >= 0.3 is 0 Å². The Morgan fingerprint density at radius 3 is 2.73 bits per heavy atom. The highest BCUT2D eigenvalue weighted by Gasteiger charge is 2.32. The molecule has 0 bridgehead atoms. The number of ether oxygens (including phenoxy) is 1. The first-order valence-electron chi connectivity index (χ1n) is 6.15. The molecule has 0 spiro atoms. The summed E-state index contributed by atoms with van der Waals surface area (Å²) < 4.78 is 5.26. The van der Waals surface area contributed by atoms with Gasteiger partial charge in [-0.15, -0.1) is 0 Å². The molecule has 3 nitrogen and oxygen atoms in total. The van der Waals surface area contributed by atoms with Gasteiger partial charge in [-0.1, -0.05) is 6.92 Å². The van der Waals surface area contributed by atoms with Crippen molar-refractivity contribution in [1.29, 1.82) is 0 Å². The Kier molecular flexibility index (Phi) is 3.76. The smallest absolute Gasteiger partial charge is 0.152 e. The molecular formula is C12H21NO2. The van der Waals surface area contributed by atoms with Gasteiger partial charge in [0.25, 0.3) is 0 Å². The summed E-state index contributed by atoms with van der Waals surface area (Å²) in [4.78, 5) is 14.3. The third kappa shape index (κ3) is 3.02. The molecule has 1 heterocycles. The van der Waals surface area contributed by atoms with E-state index in [1.807, 2.05) is 0 Å². The van der Waals surface area contributed by atoms with E-state index in [9.17, 15) is 4.79 Å². The third-order valence-electron chi connectivity index (χ3n) is 3.32. The maximum Gasteiger partial charge on any atom is 0.152 e. The maximum atomic E-state index is 11.9. The lowest BCUT2D eigenvalue weighted by Crippen LogP contribution is -2.35. The molecule has 2 rings (SSSR count). The van der Waals surface area contributed by atoms with Gasteiger partial charge in [0.15, 0.2) is 5.78 Å². The molecule has 0 aromatic heterocycles. The van der Waals surface area contributed by atoms with E-state index in [1.165, 1.54) is 12.8 Å². The van der Waals surface area contributed by atoms with Gasteiger partial charge in [-0.25, -0.2) is 0 Å². The Labute approximate surface area is 91.8 Å². The molecule has 1 saturated carbocycles. The van der Waals surface area contributed by atoms with E-state index in [0.717, 1.165) is 26.0 Å². The first-order chi connectivity index (χ1) is 7.31. The van der Waals surface area contributed by atoms with Gasteiger partial charge in [0.2, 0.25) is 0 Å². The van der Waals surface area contributed by atoms with Gasteiger partial charge in [0, 0.05) is 18.6 Å². The molecule has 1 saturated heterocycles. The quantitative estimate of drug-likeness (QED) is 0.666. The Morgan fingerprint density at radius 2 is 2.20 bits per heavy atom. The van der Waals surface area contributed by atoms with Crippen molar-refractivity contribution in [3.05, 3.63) is 0 Å². The number of carbonyl (C=O) groups is 1. The van der Waals surface area contributed by atoms with Crippen molar-refractivity contribution in [2.75, 3.05) is 26.3 Å². The van der Waals surface area contributed by atoms with Crippen molar-refractivity contribution < 1.29 is 9.53 Å². The lowest BCUT2D eigenvalue weighted by atomic mass is 10.0. The lowest BCUT2D eigenvalue weighted by molar-refractivity contribution is -0.124. The van der Waals surface area contributed by atoms with Gasteiger partial charge in [-0.3, -0.25) is 9.69 Å². The van der Waals surface area contributed by atoms with Gasteiger partial charge in [-0.2, -0.15) is 0 Å². The molecule has 0 aromatic carbocycles. The number of nitrogens with zero attached hydrogens (tertiary/aromatic N) is 1. The van der Waals surface area contributed by atoms with E-state index in [0.29, 0.717) is 25.0 Å². The van der Waals surface area contributed by atoms with E-state index in [2.05, 4.69) is 11.8 Å². The predicted octanol–water partition coefficient (Wildman–Crippen LogP) is 1.47. The molecule has 0 N–H and O–H groups in total. The van der Waals surface area contributed by atoms with Crippen LogP contribution in [0.1, 0.15) is 32.6 Å². The highest BCUT2D eigenvalue weighted by Crippen LogP contribution is 2.27. The summed E-state index contributed by atoms with van der Waals surface area (Å²) in [6.45, 7) is 5.34. The first kappa shape index (κ1) is 11.1. The molecule has 0 radical (unpaired) electrons. The molecule has 1 aliphatic carbocycles. The van der Waals surface area contributed by atoms with Crippen molar-refractivity contribution in [2.45, 2.75) is 38.6 Å². The molecule has 15 heavy (non-hydrogen) atoms. The van der Waals surface area contributed by atoms with Crippen LogP contribution in [0.4, 0.5) is 0 Å². The number of carbonyl (C=O) groups excluding carboxylic acids is 1. The monoisotopic (exact) mass is 211 g/mol. The maximum absolute atomic E-state index is 11.9. The van der Waals surface area contributed by atoms with Crippen LogP contribution in [-0.4, -0.2) is 43.0 Å². The van der Waals surface area contributed by atoms with Crippen molar-refractivity contribution in [1.82, 2.24) is 4.90 Å². The topological polar surface area (TPSA) is 29.5 Å². The minimum absolute atomic E-state index is 0.183. The fourth-order valence-electron chi connectivity index (χ4n) is 2.24. The lowest BCUT2D eigenvalue weighted by Gasteiger charge is -2.21. The summed E-state index contributed by atoms with van der Waals surface area (Å²) in [7, 11) is 0. The fraction of sp³-hybridized carbons (Fsp3) is 0.917. The summed E-state index contributed by atoms with van der Waals surface area (Å²) in [5.74, 6) is 0.580. The van der Waals surface area contributed by atoms with Crippen molar-refractivity contribution in [3.63, 3.8) is 0 Å². The number of hydrogen-bond acceptors (Lipinski definition) is 3. The second-order valence-electron chi connectivity index (χ2n) is 4.73.